The number of thiazole rings is 1. The quantitative estimate of drug-likeness (QED) is 0.896. The van der Waals surface area contributed by atoms with Crippen LogP contribution in [0, 0.1) is 5.92 Å². The van der Waals surface area contributed by atoms with Crippen LogP contribution >= 0.6 is 22.9 Å². The highest BCUT2D eigenvalue weighted by Crippen LogP contribution is 2.24. The summed E-state index contributed by atoms with van der Waals surface area (Å²) < 4.78 is 0.536. The maximum absolute atomic E-state index is 12.8. The molecule has 0 radical (unpaired) electrons. The molecule has 122 valence electrons. The van der Waals surface area contributed by atoms with Crippen LogP contribution < -0.4 is 5.32 Å². The first kappa shape index (κ1) is 16.3. The predicted molar refractivity (Wildman–Crippen MR) is 95.2 cm³/mol. The second kappa shape index (κ2) is 7.32. The molecule has 2 heterocycles. The van der Waals surface area contributed by atoms with Crippen LogP contribution in [0.25, 0.3) is 0 Å². The second-order valence-electron chi connectivity index (χ2n) is 5.95. The molecule has 6 heteroatoms. The number of hydrogen-bond acceptors (Lipinski definition) is 4. The fourth-order valence-electron chi connectivity index (χ4n) is 2.75. The summed E-state index contributed by atoms with van der Waals surface area (Å²) in [6, 6.07) is 7.69. The molecule has 1 saturated heterocycles. The van der Waals surface area contributed by atoms with Gasteiger partial charge in [0.2, 0.25) is 0 Å². The molecule has 1 aromatic carbocycles. The molecule has 0 unspecified atom stereocenters. The number of hydrogen-bond donors (Lipinski definition) is 1. The Hall–Kier alpha value is -1.59. The summed E-state index contributed by atoms with van der Waals surface area (Å²) in [5.74, 6) is 0.825. The van der Waals surface area contributed by atoms with Crippen molar-refractivity contribution in [3.8, 4) is 0 Å². The third kappa shape index (κ3) is 4.03. The molecule has 3 rings (SSSR count). The zero-order valence-corrected chi connectivity index (χ0v) is 14.7. The lowest BCUT2D eigenvalue weighted by Gasteiger charge is -2.30. The van der Waals surface area contributed by atoms with Crippen molar-refractivity contribution in [1.29, 1.82) is 0 Å². The van der Waals surface area contributed by atoms with E-state index in [1.54, 1.807) is 6.20 Å². The van der Waals surface area contributed by atoms with E-state index in [4.69, 9.17) is 11.6 Å². The Morgan fingerprint density at radius 3 is 2.83 bits per heavy atom. The standard InChI is InChI=1S/C17H20ClN3OS/c1-12-6-8-21(9-7-12)16(22)14-4-2-3-5-15(14)19-10-13-11-20-17(18)23-13/h2-5,11-12,19H,6-10H2,1H3. The summed E-state index contributed by atoms with van der Waals surface area (Å²) in [6.07, 6.45) is 3.93. The average molecular weight is 350 g/mol. The number of benzene rings is 1. The largest absolute Gasteiger partial charge is 0.379 e. The Labute approximate surface area is 145 Å². The lowest BCUT2D eigenvalue weighted by Crippen LogP contribution is -2.38. The van der Waals surface area contributed by atoms with E-state index in [1.807, 2.05) is 29.2 Å². The van der Waals surface area contributed by atoms with Crippen molar-refractivity contribution >= 4 is 34.5 Å². The third-order valence-corrected chi connectivity index (χ3v) is 5.32. The summed E-state index contributed by atoms with van der Waals surface area (Å²) in [7, 11) is 0. The van der Waals surface area contributed by atoms with Crippen molar-refractivity contribution in [2.24, 2.45) is 5.92 Å². The zero-order valence-electron chi connectivity index (χ0n) is 13.1. The van der Waals surface area contributed by atoms with Crippen molar-refractivity contribution in [3.63, 3.8) is 0 Å². The first-order valence-electron chi connectivity index (χ1n) is 7.86. The molecule has 2 aromatic rings. The van der Waals surface area contributed by atoms with Gasteiger partial charge in [0.25, 0.3) is 5.91 Å². The highest BCUT2D eigenvalue weighted by molar-refractivity contribution is 7.15. The normalized spacial score (nSPS) is 15.7. The second-order valence-corrected chi connectivity index (χ2v) is 7.65. The SMILES string of the molecule is CC1CCN(C(=O)c2ccccc2NCc2cnc(Cl)s2)CC1. The molecule has 0 bridgehead atoms. The van der Waals surface area contributed by atoms with Gasteiger partial charge in [0, 0.05) is 29.9 Å². The summed E-state index contributed by atoms with van der Waals surface area (Å²) >= 11 is 7.30. The number of para-hydroxylation sites is 1. The maximum Gasteiger partial charge on any atom is 0.255 e. The van der Waals surface area contributed by atoms with Crippen LogP contribution in [0.3, 0.4) is 0 Å². The fraction of sp³-hybridized carbons (Fsp3) is 0.412. The minimum atomic E-state index is 0.113. The van der Waals surface area contributed by atoms with E-state index in [0.29, 0.717) is 16.9 Å². The molecule has 4 nitrogen and oxygen atoms in total. The van der Waals surface area contributed by atoms with Gasteiger partial charge >= 0.3 is 0 Å². The van der Waals surface area contributed by atoms with Gasteiger partial charge in [-0.2, -0.15) is 0 Å². The number of likely N-dealkylation sites (tertiary alicyclic amines) is 1. The Morgan fingerprint density at radius 1 is 1.39 bits per heavy atom. The van der Waals surface area contributed by atoms with E-state index in [0.717, 1.165) is 42.1 Å². The molecule has 1 N–H and O–H groups in total. The third-order valence-electron chi connectivity index (χ3n) is 4.21. The fourth-order valence-corrected chi connectivity index (χ4v) is 3.67. The molecule has 1 aromatic heterocycles. The number of rotatable bonds is 4. The molecule has 0 spiro atoms. The van der Waals surface area contributed by atoms with Crippen LogP contribution in [0.1, 0.15) is 35.0 Å². The predicted octanol–water partition coefficient (Wildman–Crippen LogP) is 4.28. The van der Waals surface area contributed by atoms with Gasteiger partial charge in [-0.05, 0) is 30.9 Å². The number of piperidine rings is 1. The van der Waals surface area contributed by atoms with Gasteiger partial charge in [-0.25, -0.2) is 4.98 Å². The number of carbonyl (C=O) groups is 1. The molecular weight excluding hydrogens is 330 g/mol. The van der Waals surface area contributed by atoms with Crippen molar-refractivity contribution < 1.29 is 4.79 Å². The number of amides is 1. The molecule has 1 amide bonds. The van der Waals surface area contributed by atoms with Gasteiger partial charge in [0.15, 0.2) is 4.47 Å². The Bertz CT molecular complexity index is 680. The van der Waals surface area contributed by atoms with E-state index < -0.39 is 0 Å². The molecule has 0 saturated carbocycles. The van der Waals surface area contributed by atoms with E-state index in [9.17, 15) is 4.79 Å². The molecule has 0 aliphatic carbocycles. The highest BCUT2D eigenvalue weighted by atomic mass is 35.5. The number of nitrogens with zero attached hydrogens (tertiary/aromatic N) is 2. The summed E-state index contributed by atoms with van der Waals surface area (Å²) in [6.45, 7) is 4.56. The molecule has 0 atom stereocenters. The number of aromatic nitrogens is 1. The first-order chi connectivity index (χ1) is 11.1. The van der Waals surface area contributed by atoms with Crippen molar-refractivity contribution in [2.45, 2.75) is 26.3 Å². The summed E-state index contributed by atoms with van der Waals surface area (Å²) in [4.78, 5) is 19.8. The van der Waals surface area contributed by atoms with Gasteiger partial charge < -0.3 is 10.2 Å². The van der Waals surface area contributed by atoms with Crippen LogP contribution in [0.5, 0.6) is 0 Å². The molecular formula is C17H20ClN3OS. The summed E-state index contributed by atoms with van der Waals surface area (Å²) in [5, 5.41) is 3.34. The van der Waals surface area contributed by atoms with Crippen LogP contribution in [-0.2, 0) is 6.54 Å². The van der Waals surface area contributed by atoms with Gasteiger partial charge in [-0.1, -0.05) is 30.7 Å². The van der Waals surface area contributed by atoms with Gasteiger partial charge in [-0.15, -0.1) is 11.3 Å². The Kier molecular flexibility index (Phi) is 5.18. The lowest BCUT2D eigenvalue weighted by atomic mass is 9.98. The van der Waals surface area contributed by atoms with Crippen molar-refractivity contribution in [2.75, 3.05) is 18.4 Å². The number of anilines is 1. The zero-order chi connectivity index (χ0) is 16.2. The van der Waals surface area contributed by atoms with Crippen LogP contribution in [-0.4, -0.2) is 28.9 Å². The van der Waals surface area contributed by atoms with Crippen molar-refractivity contribution in [3.05, 3.63) is 45.4 Å². The van der Waals surface area contributed by atoms with E-state index >= 15 is 0 Å². The van der Waals surface area contributed by atoms with Gasteiger partial charge in [0.1, 0.15) is 0 Å². The van der Waals surface area contributed by atoms with Gasteiger partial charge in [0.05, 0.1) is 12.1 Å². The van der Waals surface area contributed by atoms with Crippen molar-refractivity contribution in [1.82, 2.24) is 9.88 Å². The molecule has 1 fully saturated rings. The number of nitrogens with one attached hydrogen (secondary N) is 1. The first-order valence-corrected chi connectivity index (χ1v) is 9.05. The topological polar surface area (TPSA) is 45.2 Å². The van der Waals surface area contributed by atoms with Crippen LogP contribution in [0.15, 0.2) is 30.5 Å². The Balaban J connectivity index is 1.71. The smallest absolute Gasteiger partial charge is 0.255 e. The molecule has 23 heavy (non-hydrogen) atoms. The monoisotopic (exact) mass is 349 g/mol. The minimum Gasteiger partial charge on any atom is -0.379 e. The van der Waals surface area contributed by atoms with Crippen LogP contribution in [0.2, 0.25) is 4.47 Å². The Morgan fingerprint density at radius 2 is 2.13 bits per heavy atom. The maximum atomic E-state index is 12.8. The van der Waals surface area contributed by atoms with E-state index in [-0.39, 0.29) is 5.91 Å². The lowest BCUT2D eigenvalue weighted by molar-refractivity contribution is 0.0698. The van der Waals surface area contributed by atoms with E-state index in [1.165, 1.54) is 11.3 Å². The van der Waals surface area contributed by atoms with E-state index in [2.05, 4.69) is 17.2 Å². The summed E-state index contributed by atoms with van der Waals surface area (Å²) in [5.41, 5.74) is 1.60. The number of carbonyl (C=O) groups excluding carboxylic acids is 1. The number of halogens is 1. The molecule has 1 aliphatic heterocycles. The van der Waals surface area contributed by atoms with Gasteiger partial charge in [-0.3, -0.25) is 4.79 Å². The average Bonchev–Trinajstić information content (AvgIpc) is 2.99. The molecule has 1 aliphatic rings. The van der Waals surface area contributed by atoms with Crippen LogP contribution in [0.4, 0.5) is 5.69 Å². The minimum absolute atomic E-state index is 0.113. The highest BCUT2D eigenvalue weighted by Gasteiger charge is 2.23.